The lowest BCUT2D eigenvalue weighted by Crippen LogP contribution is -2.52. The highest BCUT2D eigenvalue weighted by Gasteiger charge is 2.42. The molecule has 0 spiro atoms. The molecular formula is C31H44N4O4. The third kappa shape index (κ3) is 7.73. The molecule has 2 heterocycles. The van der Waals surface area contributed by atoms with Crippen LogP contribution in [0.3, 0.4) is 0 Å². The Morgan fingerprint density at radius 1 is 0.974 bits per heavy atom. The Bertz CT molecular complexity index is 1130. The predicted molar refractivity (Wildman–Crippen MR) is 153 cm³/mol. The summed E-state index contributed by atoms with van der Waals surface area (Å²) in [7, 11) is 3.32. The first-order chi connectivity index (χ1) is 18.7. The molecule has 2 saturated heterocycles. The molecule has 0 aliphatic carbocycles. The van der Waals surface area contributed by atoms with Crippen LogP contribution in [0.2, 0.25) is 0 Å². The van der Waals surface area contributed by atoms with E-state index in [0.29, 0.717) is 45.6 Å². The highest BCUT2D eigenvalue weighted by atomic mass is 16.5. The average molecular weight is 537 g/mol. The molecule has 0 aromatic heterocycles. The van der Waals surface area contributed by atoms with Gasteiger partial charge in [-0.1, -0.05) is 45.0 Å². The SMILES string of the molecule is COc1cccc(CN2CC(N(Cc3cccc(OC)c3)C(=O)CC(C)(C)C)CC2C(=O)N2CCNCC2)c1. The number of nitrogens with one attached hydrogen (secondary N) is 1. The van der Waals surface area contributed by atoms with Gasteiger partial charge < -0.3 is 24.6 Å². The van der Waals surface area contributed by atoms with E-state index < -0.39 is 0 Å². The number of ether oxygens (including phenoxy) is 2. The van der Waals surface area contributed by atoms with Crippen LogP contribution in [-0.2, 0) is 22.7 Å². The van der Waals surface area contributed by atoms with Gasteiger partial charge in [-0.05, 0) is 47.2 Å². The summed E-state index contributed by atoms with van der Waals surface area (Å²) in [5, 5.41) is 3.34. The number of piperazine rings is 1. The molecule has 39 heavy (non-hydrogen) atoms. The quantitative estimate of drug-likeness (QED) is 0.529. The number of hydrogen-bond donors (Lipinski definition) is 1. The van der Waals surface area contributed by atoms with E-state index in [9.17, 15) is 9.59 Å². The van der Waals surface area contributed by atoms with E-state index in [2.05, 4.69) is 37.1 Å². The van der Waals surface area contributed by atoms with Gasteiger partial charge in [0.2, 0.25) is 11.8 Å². The van der Waals surface area contributed by atoms with Crippen molar-refractivity contribution in [1.82, 2.24) is 20.0 Å². The summed E-state index contributed by atoms with van der Waals surface area (Å²) in [6.45, 7) is 11.1. The van der Waals surface area contributed by atoms with Crippen molar-refractivity contribution >= 4 is 11.8 Å². The Morgan fingerprint density at radius 2 is 1.59 bits per heavy atom. The molecule has 0 radical (unpaired) electrons. The fourth-order valence-electron chi connectivity index (χ4n) is 5.58. The molecule has 212 valence electrons. The zero-order valence-corrected chi connectivity index (χ0v) is 24.1. The molecule has 2 aliphatic rings. The molecule has 8 nitrogen and oxygen atoms in total. The van der Waals surface area contributed by atoms with E-state index >= 15 is 0 Å². The van der Waals surface area contributed by atoms with Crippen LogP contribution < -0.4 is 14.8 Å². The van der Waals surface area contributed by atoms with Gasteiger partial charge in [0, 0.05) is 58.3 Å². The van der Waals surface area contributed by atoms with E-state index in [-0.39, 0.29) is 29.3 Å². The van der Waals surface area contributed by atoms with Gasteiger partial charge in [0.1, 0.15) is 11.5 Å². The Morgan fingerprint density at radius 3 is 2.21 bits per heavy atom. The lowest BCUT2D eigenvalue weighted by Gasteiger charge is -2.33. The first-order valence-electron chi connectivity index (χ1n) is 14.0. The molecule has 2 amide bonds. The first-order valence-corrected chi connectivity index (χ1v) is 14.0. The Hall–Kier alpha value is -3.10. The lowest BCUT2D eigenvalue weighted by molar-refractivity contribution is -0.138. The Balaban J connectivity index is 1.62. The van der Waals surface area contributed by atoms with Gasteiger partial charge in [-0.2, -0.15) is 0 Å². The minimum atomic E-state index is -0.283. The molecule has 1 N–H and O–H groups in total. The number of amides is 2. The van der Waals surface area contributed by atoms with Crippen LogP contribution in [0.15, 0.2) is 48.5 Å². The molecule has 0 bridgehead atoms. The van der Waals surface area contributed by atoms with E-state index in [1.807, 2.05) is 52.3 Å². The summed E-state index contributed by atoms with van der Waals surface area (Å²) in [6.07, 6.45) is 1.06. The van der Waals surface area contributed by atoms with Crippen molar-refractivity contribution in [3.05, 3.63) is 59.7 Å². The summed E-state index contributed by atoms with van der Waals surface area (Å²) in [4.78, 5) is 33.9. The number of hydrogen-bond acceptors (Lipinski definition) is 6. The van der Waals surface area contributed by atoms with E-state index in [0.717, 1.165) is 35.7 Å². The van der Waals surface area contributed by atoms with Crippen LogP contribution in [0, 0.1) is 5.41 Å². The smallest absolute Gasteiger partial charge is 0.240 e. The van der Waals surface area contributed by atoms with Gasteiger partial charge in [0.15, 0.2) is 0 Å². The van der Waals surface area contributed by atoms with Gasteiger partial charge in [0.05, 0.1) is 20.3 Å². The molecular weight excluding hydrogens is 492 g/mol. The third-order valence-electron chi connectivity index (χ3n) is 7.54. The van der Waals surface area contributed by atoms with Gasteiger partial charge in [-0.3, -0.25) is 14.5 Å². The molecule has 0 saturated carbocycles. The second kappa shape index (κ2) is 12.8. The number of methoxy groups -OCH3 is 2. The van der Waals surface area contributed by atoms with Gasteiger partial charge in [0.25, 0.3) is 0 Å². The molecule has 2 aliphatic heterocycles. The maximum absolute atomic E-state index is 13.8. The normalized spacial score (nSPS) is 20.1. The molecule has 8 heteroatoms. The molecule has 2 fully saturated rings. The van der Waals surface area contributed by atoms with Crippen LogP contribution in [0.4, 0.5) is 0 Å². The van der Waals surface area contributed by atoms with Crippen molar-refractivity contribution in [3.8, 4) is 11.5 Å². The van der Waals surface area contributed by atoms with Crippen molar-refractivity contribution in [2.45, 2.75) is 58.8 Å². The zero-order valence-electron chi connectivity index (χ0n) is 24.1. The minimum absolute atomic E-state index is 0.0754. The lowest BCUT2D eigenvalue weighted by atomic mass is 9.91. The molecule has 2 aromatic rings. The number of carbonyl (C=O) groups is 2. The summed E-state index contributed by atoms with van der Waals surface area (Å²) in [6, 6.07) is 15.6. The maximum Gasteiger partial charge on any atom is 0.240 e. The van der Waals surface area contributed by atoms with Gasteiger partial charge in [-0.25, -0.2) is 0 Å². The van der Waals surface area contributed by atoms with Crippen molar-refractivity contribution < 1.29 is 19.1 Å². The summed E-state index contributed by atoms with van der Waals surface area (Å²) in [5.74, 6) is 1.85. The average Bonchev–Trinajstić information content (AvgIpc) is 3.34. The summed E-state index contributed by atoms with van der Waals surface area (Å²) in [5.41, 5.74) is 1.97. The fourth-order valence-corrected chi connectivity index (χ4v) is 5.58. The minimum Gasteiger partial charge on any atom is -0.497 e. The Labute approximate surface area is 233 Å². The monoisotopic (exact) mass is 536 g/mol. The van der Waals surface area contributed by atoms with E-state index in [1.54, 1.807) is 14.2 Å². The van der Waals surface area contributed by atoms with Crippen LogP contribution >= 0.6 is 0 Å². The topological polar surface area (TPSA) is 74.4 Å². The third-order valence-corrected chi connectivity index (χ3v) is 7.54. The highest BCUT2D eigenvalue weighted by molar-refractivity contribution is 5.83. The van der Waals surface area contributed by atoms with Crippen molar-refractivity contribution in [3.63, 3.8) is 0 Å². The number of nitrogens with zero attached hydrogens (tertiary/aromatic N) is 3. The number of rotatable bonds is 9. The van der Waals surface area contributed by atoms with Crippen LogP contribution in [-0.4, -0.2) is 85.5 Å². The summed E-state index contributed by atoms with van der Waals surface area (Å²) >= 11 is 0. The second-order valence-corrected chi connectivity index (χ2v) is 11.9. The van der Waals surface area contributed by atoms with Crippen LogP contribution in [0.25, 0.3) is 0 Å². The summed E-state index contributed by atoms with van der Waals surface area (Å²) < 4.78 is 10.9. The van der Waals surface area contributed by atoms with Gasteiger partial charge >= 0.3 is 0 Å². The second-order valence-electron chi connectivity index (χ2n) is 11.9. The molecule has 2 unspecified atom stereocenters. The number of likely N-dealkylation sites (tertiary alicyclic amines) is 1. The Kier molecular flexibility index (Phi) is 9.51. The van der Waals surface area contributed by atoms with Crippen molar-refractivity contribution in [2.75, 3.05) is 46.9 Å². The van der Waals surface area contributed by atoms with Crippen molar-refractivity contribution in [2.24, 2.45) is 5.41 Å². The fraction of sp³-hybridized carbons (Fsp3) is 0.548. The van der Waals surface area contributed by atoms with E-state index in [1.165, 1.54) is 0 Å². The number of carbonyl (C=O) groups excluding carboxylic acids is 2. The number of benzene rings is 2. The molecule has 4 rings (SSSR count). The van der Waals surface area contributed by atoms with Crippen LogP contribution in [0.1, 0.15) is 44.7 Å². The zero-order chi connectivity index (χ0) is 28.0. The highest BCUT2D eigenvalue weighted by Crippen LogP contribution is 2.30. The van der Waals surface area contributed by atoms with Gasteiger partial charge in [-0.15, -0.1) is 0 Å². The van der Waals surface area contributed by atoms with Crippen molar-refractivity contribution in [1.29, 1.82) is 0 Å². The van der Waals surface area contributed by atoms with E-state index in [4.69, 9.17) is 9.47 Å². The standard InChI is InChI=1S/C31H44N4O4/c1-31(2,3)19-29(36)35(21-24-9-7-11-27(17-24)39-5)25-18-28(30(37)33-14-12-32-13-15-33)34(22-25)20-23-8-6-10-26(16-23)38-4/h6-11,16-17,25,28,32H,12-15,18-22H2,1-5H3. The largest absolute Gasteiger partial charge is 0.497 e. The maximum atomic E-state index is 13.8. The first kappa shape index (κ1) is 28.9. The molecule has 2 aromatic carbocycles. The molecule has 2 atom stereocenters. The predicted octanol–water partition coefficient (Wildman–Crippen LogP) is 3.54. The van der Waals surface area contributed by atoms with Crippen LogP contribution in [0.5, 0.6) is 11.5 Å².